The quantitative estimate of drug-likeness (QED) is 0.901. The Bertz CT molecular complexity index is 440. The first-order valence-electron chi connectivity index (χ1n) is 4.14. The number of hydrogen-bond acceptors (Lipinski definition) is 2. The summed E-state index contributed by atoms with van der Waals surface area (Å²) in [5.74, 6) is 0.256. The van der Waals surface area contributed by atoms with E-state index in [1.807, 2.05) is 13.8 Å². The summed E-state index contributed by atoms with van der Waals surface area (Å²) in [5.41, 5.74) is 0.941. The maximum atomic E-state index is 11.1. The third kappa shape index (κ3) is 2.56. The standard InChI is InChI=1S/C9H12BrNO2S/c1-6(2)8-5-7(14(11,12)13)3-4-9(8)10/h3-6H,1-2H3,(H2,11,12,13). The Morgan fingerprint density at radius 1 is 1.36 bits per heavy atom. The number of rotatable bonds is 2. The number of benzene rings is 1. The van der Waals surface area contributed by atoms with Crippen molar-refractivity contribution in [3.05, 3.63) is 28.2 Å². The van der Waals surface area contributed by atoms with Crippen LogP contribution in [0.25, 0.3) is 0 Å². The van der Waals surface area contributed by atoms with Gasteiger partial charge in [0.25, 0.3) is 0 Å². The van der Waals surface area contributed by atoms with Gasteiger partial charge in [0, 0.05) is 4.47 Å². The summed E-state index contributed by atoms with van der Waals surface area (Å²) in [7, 11) is -3.60. The molecule has 3 nitrogen and oxygen atoms in total. The topological polar surface area (TPSA) is 60.2 Å². The molecule has 1 rings (SSSR count). The molecule has 0 aliphatic heterocycles. The number of nitrogens with two attached hydrogens (primary N) is 1. The van der Waals surface area contributed by atoms with Crippen molar-refractivity contribution in [1.29, 1.82) is 0 Å². The van der Waals surface area contributed by atoms with E-state index in [1.165, 1.54) is 6.07 Å². The SMILES string of the molecule is CC(C)c1cc(S(N)(=O)=O)ccc1Br. The van der Waals surface area contributed by atoms with Gasteiger partial charge in [-0.25, -0.2) is 13.6 Å². The fourth-order valence-electron chi connectivity index (χ4n) is 1.14. The van der Waals surface area contributed by atoms with Crippen LogP contribution in [-0.4, -0.2) is 8.42 Å². The molecule has 0 aromatic heterocycles. The van der Waals surface area contributed by atoms with Crippen LogP contribution in [-0.2, 0) is 10.0 Å². The molecule has 0 bridgehead atoms. The van der Waals surface area contributed by atoms with Crippen LogP contribution in [0.3, 0.4) is 0 Å². The normalized spacial score (nSPS) is 12.1. The third-order valence-corrected chi connectivity index (χ3v) is 3.55. The van der Waals surface area contributed by atoms with E-state index in [0.717, 1.165) is 10.0 Å². The lowest BCUT2D eigenvalue weighted by Gasteiger charge is -2.09. The summed E-state index contributed by atoms with van der Waals surface area (Å²) in [4.78, 5) is 0.157. The van der Waals surface area contributed by atoms with Crippen LogP contribution < -0.4 is 5.14 Å². The smallest absolute Gasteiger partial charge is 0.225 e. The average molecular weight is 278 g/mol. The molecule has 0 spiro atoms. The van der Waals surface area contributed by atoms with Crippen molar-refractivity contribution in [2.75, 3.05) is 0 Å². The highest BCUT2D eigenvalue weighted by molar-refractivity contribution is 9.10. The van der Waals surface area contributed by atoms with Crippen molar-refractivity contribution in [3.8, 4) is 0 Å². The van der Waals surface area contributed by atoms with Crippen molar-refractivity contribution in [2.24, 2.45) is 5.14 Å². The molecule has 0 saturated carbocycles. The molecule has 0 fully saturated rings. The molecule has 0 aliphatic rings. The maximum absolute atomic E-state index is 11.1. The van der Waals surface area contributed by atoms with Crippen LogP contribution in [0.15, 0.2) is 27.6 Å². The lowest BCUT2D eigenvalue weighted by molar-refractivity contribution is 0.597. The molecular weight excluding hydrogens is 266 g/mol. The van der Waals surface area contributed by atoms with Crippen molar-refractivity contribution >= 4 is 26.0 Å². The summed E-state index contributed by atoms with van der Waals surface area (Å²) in [6, 6.07) is 4.80. The van der Waals surface area contributed by atoms with E-state index in [0.29, 0.717) is 0 Å². The van der Waals surface area contributed by atoms with E-state index < -0.39 is 10.0 Å². The third-order valence-electron chi connectivity index (χ3n) is 1.92. The second-order valence-corrected chi connectivity index (χ2v) is 5.80. The summed E-state index contributed by atoms with van der Waals surface area (Å²) in [5, 5.41) is 5.03. The van der Waals surface area contributed by atoms with Gasteiger partial charge in [0.2, 0.25) is 10.0 Å². The molecule has 0 amide bonds. The van der Waals surface area contributed by atoms with Gasteiger partial charge < -0.3 is 0 Å². The summed E-state index contributed by atoms with van der Waals surface area (Å²) < 4.78 is 23.1. The first kappa shape index (κ1) is 11.7. The summed E-state index contributed by atoms with van der Waals surface area (Å²) in [6.07, 6.45) is 0. The molecule has 0 radical (unpaired) electrons. The second-order valence-electron chi connectivity index (χ2n) is 3.38. The predicted molar refractivity (Wildman–Crippen MR) is 59.6 cm³/mol. The van der Waals surface area contributed by atoms with Crippen molar-refractivity contribution < 1.29 is 8.42 Å². The first-order valence-corrected chi connectivity index (χ1v) is 6.48. The van der Waals surface area contributed by atoms with E-state index in [-0.39, 0.29) is 10.8 Å². The Hall–Kier alpha value is -0.390. The van der Waals surface area contributed by atoms with Gasteiger partial charge in [-0.3, -0.25) is 0 Å². The molecule has 0 unspecified atom stereocenters. The summed E-state index contributed by atoms with van der Waals surface area (Å²) in [6.45, 7) is 3.99. The van der Waals surface area contributed by atoms with Crippen LogP contribution in [0.4, 0.5) is 0 Å². The second kappa shape index (κ2) is 4.00. The summed E-state index contributed by atoms with van der Waals surface area (Å²) >= 11 is 3.36. The van der Waals surface area contributed by atoms with Gasteiger partial charge in [0.15, 0.2) is 0 Å². The van der Waals surface area contributed by atoms with E-state index in [9.17, 15) is 8.42 Å². The average Bonchev–Trinajstić information content (AvgIpc) is 2.02. The van der Waals surface area contributed by atoms with Gasteiger partial charge in [-0.1, -0.05) is 29.8 Å². The highest BCUT2D eigenvalue weighted by Crippen LogP contribution is 2.26. The van der Waals surface area contributed by atoms with Gasteiger partial charge in [0.1, 0.15) is 0 Å². The molecule has 0 atom stereocenters. The molecule has 1 aromatic rings. The Balaban J connectivity index is 3.34. The monoisotopic (exact) mass is 277 g/mol. The zero-order valence-corrected chi connectivity index (χ0v) is 10.4. The van der Waals surface area contributed by atoms with Gasteiger partial charge in [-0.05, 0) is 29.7 Å². The number of hydrogen-bond donors (Lipinski definition) is 1. The number of halogens is 1. The van der Waals surface area contributed by atoms with Crippen LogP contribution in [0.1, 0.15) is 25.3 Å². The minimum absolute atomic E-state index is 0.157. The highest BCUT2D eigenvalue weighted by atomic mass is 79.9. The van der Waals surface area contributed by atoms with Crippen LogP contribution in [0, 0.1) is 0 Å². The Labute approximate surface area is 92.5 Å². The fraction of sp³-hybridized carbons (Fsp3) is 0.333. The van der Waals surface area contributed by atoms with E-state index in [1.54, 1.807) is 12.1 Å². The van der Waals surface area contributed by atoms with E-state index >= 15 is 0 Å². The fourth-order valence-corrected chi connectivity index (χ4v) is 2.39. The molecular formula is C9H12BrNO2S. The lowest BCUT2D eigenvalue weighted by atomic mass is 10.0. The van der Waals surface area contributed by atoms with Gasteiger partial charge in [-0.15, -0.1) is 0 Å². The Morgan fingerprint density at radius 2 is 1.93 bits per heavy atom. The molecule has 2 N–H and O–H groups in total. The van der Waals surface area contributed by atoms with Crippen LogP contribution in [0.2, 0.25) is 0 Å². The zero-order chi connectivity index (χ0) is 10.9. The minimum Gasteiger partial charge on any atom is -0.225 e. The van der Waals surface area contributed by atoms with E-state index in [2.05, 4.69) is 15.9 Å². The molecule has 14 heavy (non-hydrogen) atoms. The molecule has 0 heterocycles. The van der Waals surface area contributed by atoms with Crippen molar-refractivity contribution in [1.82, 2.24) is 0 Å². The highest BCUT2D eigenvalue weighted by Gasteiger charge is 2.12. The largest absolute Gasteiger partial charge is 0.238 e. The molecule has 78 valence electrons. The zero-order valence-electron chi connectivity index (χ0n) is 7.99. The van der Waals surface area contributed by atoms with E-state index in [4.69, 9.17) is 5.14 Å². The predicted octanol–water partition coefficient (Wildman–Crippen LogP) is 2.22. The van der Waals surface area contributed by atoms with Crippen molar-refractivity contribution in [3.63, 3.8) is 0 Å². The first-order chi connectivity index (χ1) is 6.32. The molecule has 5 heteroatoms. The lowest BCUT2D eigenvalue weighted by Crippen LogP contribution is -2.12. The Kier molecular flexibility index (Phi) is 3.34. The number of sulfonamides is 1. The van der Waals surface area contributed by atoms with Gasteiger partial charge >= 0.3 is 0 Å². The van der Waals surface area contributed by atoms with Crippen LogP contribution in [0.5, 0.6) is 0 Å². The Morgan fingerprint density at radius 3 is 2.36 bits per heavy atom. The molecule has 1 aromatic carbocycles. The van der Waals surface area contributed by atoms with Gasteiger partial charge in [-0.2, -0.15) is 0 Å². The molecule has 0 aliphatic carbocycles. The maximum Gasteiger partial charge on any atom is 0.238 e. The minimum atomic E-state index is -3.60. The number of primary sulfonamides is 1. The van der Waals surface area contributed by atoms with Crippen molar-refractivity contribution in [2.45, 2.75) is 24.7 Å². The van der Waals surface area contributed by atoms with Gasteiger partial charge in [0.05, 0.1) is 4.90 Å². The van der Waals surface area contributed by atoms with Crippen LogP contribution >= 0.6 is 15.9 Å². The molecule has 0 saturated heterocycles.